The van der Waals surface area contributed by atoms with Crippen LogP contribution in [0.2, 0.25) is 0 Å². The van der Waals surface area contributed by atoms with Crippen LogP contribution in [-0.4, -0.2) is 10.1 Å². The lowest BCUT2D eigenvalue weighted by molar-refractivity contribution is 0.680. The molecule has 13 heavy (non-hydrogen) atoms. The second kappa shape index (κ2) is 3.48. The van der Waals surface area contributed by atoms with Crippen molar-refractivity contribution in [1.29, 1.82) is 0 Å². The Morgan fingerprint density at radius 2 is 2.15 bits per heavy atom. The molecule has 0 N–H and O–H groups in total. The SMILES string of the molecule is CC(I)N1c2ccccc2C[C@H]1C. The van der Waals surface area contributed by atoms with Crippen molar-refractivity contribution in [3.05, 3.63) is 29.8 Å². The maximum absolute atomic E-state index is 2.50. The molecule has 0 aliphatic carbocycles. The first-order valence-electron chi connectivity index (χ1n) is 4.70. The number of hydrogen-bond donors (Lipinski definition) is 0. The Morgan fingerprint density at radius 1 is 1.46 bits per heavy atom. The molecule has 0 amide bonds. The van der Waals surface area contributed by atoms with Gasteiger partial charge < -0.3 is 4.90 Å². The smallest absolute Gasteiger partial charge is 0.0784 e. The third kappa shape index (κ3) is 1.56. The van der Waals surface area contributed by atoms with Gasteiger partial charge in [0.1, 0.15) is 0 Å². The van der Waals surface area contributed by atoms with Crippen molar-refractivity contribution < 1.29 is 0 Å². The van der Waals surface area contributed by atoms with Crippen LogP contribution >= 0.6 is 22.6 Å². The number of hydrogen-bond acceptors (Lipinski definition) is 1. The fraction of sp³-hybridized carbons (Fsp3) is 0.455. The molecule has 0 aromatic heterocycles. The van der Waals surface area contributed by atoms with E-state index >= 15 is 0 Å². The van der Waals surface area contributed by atoms with Crippen LogP contribution in [0.4, 0.5) is 5.69 Å². The highest BCUT2D eigenvalue weighted by Crippen LogP contribution is 2.34. The van der Waals surface area contributed by atoms with Crippen LogP contribution in [0, 0.1) is 0 Å². The molecular weight excluding hydrogens is 273 g/mol. The van der Waals surface area contributed by atoms with E-state index in [4.69, 9.17) is 0 Å². The second-order valence-electron chi connectivity index (χ2n) is 3.66. The van der Waals surface area contributed by atoms with Gasteiger partial charge >= 0.3 is 0 Å². The third-order valence-corrected chi connectivity index (χ3v) is 3.24. The average molecular weight is 287 g/mol. The molecule has 1 heterocycles. The van der Waals surface area contributed by atoms with Crippen molar-refractivity contribution in [1.82, 2.24) is 0 Å². The van der Waals surface area contributed by atoms with E-state index in [9.17, 15) is 0 Å². The Balaban J connectivity index is 2.40. The lowest BCUT2D eigenvalue weighted by Gasteiger charge is -2.27. The van der Waals surface area contributed by atoms with E-state index in [1.165, 1.54) is 17.7 Å². The van der Waals surface area contributed by atoms with Gasteiger partial charge in [0, 0.05) is 11.7 Å². The summed E-state index contributed by atoms with van der Waals surface area (Å²) in [6.07, 6.45) is 1.20. The molecule has 0 saturated heterocycles. The van der Waals surface area contributed by atoms with E-state index in [0.717, 1.165) is 0 Å². The molecule has 1 unspecified atom stereocenters. The maximum Gasteiger partial charge on any atom is 0.0784 e. The fourth-order valence-electron chi connectivity index (χ4n) is 2.13. The summed E-state index contributed by atoms with van der Waals surface area (Å²) in [5, 5.41) is 0. The summed E-state index contributed by atoms with van der Waals surface area (Å²) < 4.78 is 0.580. The standard InChI is InChI=1S/C11H14IN/c1-8-7-10-5-3-4-6-11(10)13(8)9(2)12/h3-6,8-9H,7H2,1-2H3/t8-,9?/m1/s1. The number of fused-ring (bicyclic) bond motifs is 1. The van der Waals surface area contributed by atoms with Crippen LogP contribution in [0.15, 0.2) is 24.3 Å². The molecule has 1 aromatic rings. The number of para-hydroxylation sites is 1. The van der Waals surface area contributed by atoms with E-state index in [0.29, 0.717) is 10.1 Å². The lowest BCUT2D eigenvalue weighted by atomic mass is 10.1. The summed E-state index contributed by atoms with van der Waals surface area (Å²) in [7, 11) is 0. The normalized spacial score (nSPS) is 23.0. The number of rotatable bonds is 1. The van der Waals surface area contributed by atoms with Gasteiger partial charge in [-0.25, -0.2) is 0 Å². The zero-order chi connectivity index (χ0) is 9.42. The van der Waals surface area contributed by atoms with Crippen molar-refractivity contribution in [2.45, 2.75) is 30.4 Å². The number of anilines is 1. The van der Waals surface area contributed by atoms with Gasteiger partial charge in [0.05, 0.1) is 4.05 Å². The van der Waals surface area contributed by atoms with Crippen molar-refractivity contribution >= 4 is 28.3 Å². The molecule has 1 aromatic carbocycles. The van der Waals surface area contributed by atoms with Gasteiger partial charge in [0.2, 0.25) is 0 Å². The highest BCUT2D eigenvalue weighted by atomic mass is 127. The molecule has 0 spiro atoms. The number of nitrogens with zero attached hydrogens (tertiary/aromatic N) is 1. The average Bonchev–Trinajstić information content (AvgIpc) is 2.39. The third-order valence-electron chi connectivity index (χ3n) is 2.64. The molecule has 0 radical (unpaired) electrons. The highest BCUT2D eigenvalue weighted by molar-refractivity contribution is 14.1. The fourth-order valence-corrected chi connectivity index (χ4v) is 2.98. The number of alkyl halides is 1. The van der Waals surface area contributed by atoms with E-state index in [-0.39, 0.29) is 0 Å². The minimum atomic E-state index is 0.580. The van der Waals surface area contributed by atoms with E-state index < -0.39 is 0 Å². The quantitative estimate of drug-likeness (QED) is 0.435. The molecule has 2 rings (SSSR count). The van der Waals surface area contributed by atoms with Crippen LogP contribution in [-0.2, 0) is 6.42 Å². The Hall–Kier alpha value is -0.250. The van der Waals surface area contributed by atoms with Crippen LogP contribution in [0.3, 0.4) is 0 Å². The molecule has 0 saturated carbocycles. The molecule has 70 valence electrons. The van der Waals surface area contributed by atoms with E-state index in [2.05, 4.69) is 65.6 Å². The summed E-state index contributed by atoms with van der Waals surface area (Å²) >= 11 is 2.48. The summed E-state index contributed by atoms with van der Waals surface area (Å²) in [6, 6.07) is 9.39. The molecule has 2 heteroatoms. The number of benzene rings is 1. The van der Waals surface area contributed by atoms with Gasteiger partial charge in [-0.15, -0.1) is 0 Å². The molecule has 0 bridgehead atoms. The van der Waals surface area contributed by atoms with Crippen LogP contribution in [0.5, 0.6) is 0 Å². The summed E-state index contributed by atoms with van der Waals surface area (Å²) in [6.45, 7) is 4.55. The molecule has 0 fully saturated rings. The molecular formula is C11H14IN. The first-order chi connectivity index (χ1) is 6.20. The van der Waals surface area contributed by atoms with Crippen LogP contribution in [0.25, 0.3) is 0 Å². The van der Waals surface area contributed by atoms with Gasteiger partial charge in [-0.2, -0.15) is 0 Å². The zero-order valence-corrected chi connectivity index (χ0v) is 10.2. The van der Waals surface area contributed by atoms with Crippen molar-refractivity contribution in [2.24, 2.45) is 0 Å². The van der Waals surface area contributed by atoms with Crippen molar-refractivity contribution in [2.75, 3.05) is 4.90 Å². The van der Waals surface area contributed by atoms with Gasteiger partial charge in [-0.05, 0) is 31.9 Å². The molecule has 1 nitrogen and oxygen atoms in total. The zero-order valence-electron chi connectivity index (χ0n) is 8.00. The summed E-state index contributed by atoms with van der Waals surface area (Å²) in [5.74, 6) is 0. The highest BCUT2D eigenvalue weighted by Gasteiger charge is 2.27. The molecule has 2 atom stereocenters. The second-order valence-corrected chi connectivity index (χ2v) is 5.47. The van der Waals surface area contributed by atoms with Gasteiger partial charge in [-0.1, -0.05) is 40.8 Å². The van der Waals surface area contributed by atoms with E-state index in [1.54, 1.807) is 0 Å². The Morgan fingerprint density at radius 3 is 2.85 bits per heavy atom. The number of halogens is 1. The minimum Gasteiger partial charge on any atom is -0.357 e. The predicted octanol–water partition coefficient (Wildman–Crippen LogP) is 3.22. The predicted molar refractivity (Wildman–Crippen MR) is 65.6 cm³/mol. The minimum absolute atomic E-state index is 0.580. The van der Waals surface area contributed by atoms with Crippen LogP contribution in [0.1, 0.15) is 19.4 Å². The first kappa shape index (κ1) is 9.31. The molecule has 1 aliphatic heterocycles. The summed E-state index contributed by atoms with van der Waals surface area (Å²) in [5.41, 5.74) is 2.93. The Labute approximate surface area is 93.3 Å². The van der Waals surface area contributed by atoms with Crippen molar-refractivity contribution in [3.8, 4) is 0 Å². The van der Waals surface area contributed by atoms with Gasteiger partial charge in [-0.3, -0.25) is 0 Å². The van der Waals surface area contributed by atoms with E-state index in [1.807, 2.05) is 0 Å². The first-order valence-corrected chi connectivity index (χ1v) is 5.95. The monoisotopic (exact) mass is 287 g/mol. The molecule has 1 aliphatic rings. The van der Waals surface area contributed by atoms with Gasteiger partial charge in [0.15, 0.2) is 0 Å². The maximum atomic E-state index is 2.50. The summed E-state index contributed by atoms with van der Waals surface area (Å²) in [4.78, 5) is 2.50. The van der Waals surface area contributed by atoms with Crippen molar-refractivity contribution in [3.63, 3.8) is 0 Å². The Kier molecular flexibility index (Phi) is 2.49. The topological polar surface area (TPSA) is 3.24 Å². The lowest BCUT2D eigenvalue weighted by Crippen LogP contribution is -2.33. The largest absolute Gasteiger partial charge is 0.357 e. The van der Waals surface area contributed by atoms with Crippen LogP contribution < -0.4 is 4.90 Å². The van der Waals surface area contributed by atoms with Gasteiger partial charge in [0.25, 0.3) is 0 Å². The Bertz CT molecular complexity index is 309.